The van der Waals surface area contributed by atoms with Gasteiger partial charge < -0.3 is 10.1 Å². The minimum absolute atomic E-state index is 0.0582. The summed E-state index contributed by atoms with van der Waals surface area (Å²) in [5.41, 5.74) is 0. The standard InChI is InChI=1S/C19H25NO2/c1-3-4-5-8-15(2)20-19(21)14-22-18-12-11-16-9-6-7-10-17(16)13-18/h6-7,9-13,15H,3-5,8,14H2,1-2H3,(H,20,21). The summed E-state index contributed by atoms with van der Waals surface area (Å²) in [5, 5.41) is 5.27. The van der Waals surface area contributed by atoms with E-state index in [1.165, 1.54) is 18.2 Å². The topological polar surface area (TPSA) is 38.3 Å². The van der Waals surface area contributed by atoms with Crippen molar-refractivity contribution < 1.29 is 9.53 Å². The zero-order valence-electron chi connectivity index (χ0n) is 13.5. The van der Waals surface area contributed by atoms with Gasteiger partial charge in [0.2, 0.25) is 0 Å². The molecule has 1 amide bonds. The van der Waals surface area contributed by atoms with Crippen molar-refractivity contribution in [2.75, 3.05) is 6.61 Å². The Bertz CT molecular complexity index is 609. The van der Waals surface area contributed by atoms with Crippen molar-refractivity contribution in [3.05, 3.63) is 42.5 Å². The second-order valence-corrected chi connectivity index (χ2v) is 5.76. The van der Waals surface area contributed by atoms with Crippen molar-refractivity contribution in [1.29, 1.82) is 0 Å². The summed E-state index contributed by atoms with van der Waals surface area (Å²) in [7, 11) is 0. The van der Waals surface area contributed by atoms with E-state index < -0.39 is 0 Å². The number of carbonyl (C=O) groups is 1. The van der Waals surface area contributed by atoms with Crippen molar-refractivity contribution in [2.24, 2.45) is 0 Å². The highest BCUT2D eigenvalue weighted by atomic mass is 16.5. The van der Waals surface area contributed by atoms with Crippen LogP contribution < -0.4 is 10.1 Å². The molecule has 2 rings (SSSR count). The second-order valence-electron chi connectivity index (χ2n) is 5.76. The normalized spacial score (nSPS) is 12.1. The maximum Gasteiger partial charge on any atom is 0.258 e. The number of ether oxygens (including phenoxy) is 1. The number of fused-ring (bicyclic) bond motifs is 1. The molecule has 0 heterocycles. The molecule has 0 aliphatic carbocycles. The molecular weight excluding hydrogens is 274 g/mol. The number of hydrogen-bond acceptors (Lipinski definition) is 2. The quantitative estimate of drug-likeness (QED) is 0.738. The van der Waals surface area contributed by atoms with Gasteiger partial charge in [0, 0.05) is 6.04 Å². The van der Waals surface area contributed by atoms with Crippen molar-refractivity contribution in [3.63, 3.8) is 0 Å². The summed E-state index contributed by atoms with van der Waals surface area (Å²) in [6.07, 6.45) is 4.60. The lowest BCUT2D eigenvalue weighted by Gasteiger charge is -2.14. The number of carbonyl (C=O) groups excluding carboxylic acids is 1. The third kappa shape index (κ3) is 5.06. The Morgan fingerprint density at radius 1 is 1.14 bits per heavy atom. The van der Waals surface area contributed by atoms with Crippen LogP contribution in [0.3, 0.4) is 0 Å². The van der Waals surface area contributed by atoms with Crippen LogP contribution >= 0.6 is 0 Å². The maximum absolute atomic E-state index is 11.9. The summed E-state index contributed by atoms with van der Waals surface area (Å²) in [6.45, 7) is 4.29. The molecule has 1 atom stereocenters. The molecule has 0 aliphatic heterocycles. The van der Waals surface area contributed by atoms with Gasteiger partial charge in [-0.3, -0.25) is 4.79 Å². The molecule has 1 unspecified atom stereocenters. The van der Waals surface area contributed by atoms with E-state index in [1.807, 2.05) is 43.3 Å². The molecule has 0 radical (unpaired) electrons. The van der Waals surface area contributed by atoms with E-state index in [-0.39, 0.29) is 18.6 Å². The van der Waals surface area contributed by atoms with Crippen molar-refractivity contribution in [2.45, 2.75) is 45.6 Å². The first kappa shape index (κ1) is 16.3. The third-order valence-corrected chi connectivity index (χ3v) is 3.74. The molecule has 1 N–H and O–H groups in total. The lowest BCUT2D eigenvalue weighted by atomic mass is 10.1. The van der Waals surface area contributed by atoms with Gasteiger partial charge in [-0.1, -0.05) is 56.5 Å². The van der Waals surface area contributed by atoms with E-state index in [9.17, 15) is 4.79 Å². The Morgan fingerprint density at radius 3 is 2.68 bits per heavy atom. The fraction of sp³-hybridized carbons (Fsp3) is 0.421. The molecule has 0 spiro atoms. The lowest BCUT2D eigenvalue weighted by Crippen LogP contribution is -2.36. The van der Waals surface area contributed by atoms with Crippen LogP contribution in [0.2, 0.25) is 0 Å². The van der Waals surface area contributed by atoms with Crippen molar-refractivity contribution in [3.8, 4) is 5.75 Å². The molecular formula is C19H25NO2. The minimum atomic E-state index is -0.0582. The largest absolute Gasteiger partial charge is 0.484 e. The third-order valence-electron chi connectivity index (χ3n) is 3.74. The maximum atomic E-state index is 11.9. The number of benzene rings is 2. The van der Waals surface area contributed by atoms with Crippen LogP contribution in [0.5, 0.6) is 5.75 Å². The molecule has 22 heavy (non-hydrogen) atoms. The van der Waals surface area contributed by atoms with Crippen LogP contribution in [0.4, 0.5) is 0 Å². The van der Waals surface area contributed by atoms with Gasteiger partial charge in [0.25, 0.3) is 5.91 Å². The Morgan fingerprint density at radius 2 is 1.91 bits per heavy atom. The predicted octanol–water partition coefficient (Wildman–Crippen LogP) is 4.30. The van der Waals surface area contributed by atoms with E-state index in [0.29, 0.717) is 0 Å². The average molecular weight is 299 g/mol. The van der Waals surface area contributed by atoms with E-state index >= 15 is 0 Å². The van der Waals surface area contributed by atoms with Gasteiger partial charge in [-0.05, 0) is 36.2 Å². The smallest absolute Gasteiger partial charge is 0.258 e. The van der Waals surface area contributed by atoms with Crippen LogP contribution in [-0.4, -0.2) is 18.6 Å². The van der Waals surface area contributed by atoms with Crippen molar-refractivity contribution in [1.82, 2.24) is 5.32 Å². The molecule has 0 saturated carbocycles. The molecule has 118 valence electrons. The molecule has 3 nitrogen and oxygen atoms in total. The lowest BCUT2D eigenvalue weighted by molar-refractivity contribution is -0.123. The number of nitrogens with one attached hydrogen (secondary N) is 1. The summed E-state index contributed by atoms with van der Waals surface area (Å²) >= 11 is 0. The van der Waals surface area contributed by atoms with Crippen LogP contribution in [0.1, 0.15) is 39.5 Å². The Hall–Kier alpha value is -2.03. The van der Waals surface area contributed by atoms with Gasteiger partial charge in [0.05, 0.1) is 0 Å². The van der Waals surface area contributed by atoms with Crippen LogP contribution in [0, 0.1) is 0 Å². The average Bonchev–Trinajstić information content (AvgIpc) is 2.53. The highest BCUT2D eigenvalue weighted by molar-refractivity contribution is 5.84. The van der Waals surface area contributed by atoms with E-state index in [2.05, 4.69) is 18.3 Å². The molecule has 2 aromatic carbocycles. The summed E-state index contributed by atoms with van der Waals surface area (Å²) in [5.74, 6) is 0.671. The van der Waals surface area contributed by atoms with Gasteiger partial charge in [-0.25, -0.2) is 0 Å². The molecule has 3 heteroatoms. The van der Waals surface area contributed by atoms with Crippen LogP contribution in [0.15, 0.2) is 42.5 Å². The second kappa shape index (κ2) is 8.42. The fourth-order valence-electron chi connectivity index (χ4n) is 2.50. The number of hydrogen-bond donors (Lipinski definition) is 1. The first-order chi connectivity index (χ1) is 10.7. The number of rotatable bonds is 8. The van der Waals surface area contributed by atoms with E-state index in [4.69, 9.17) is 4.74 Å². The molecule has 0 bridgehead atoms. The SMILES string of the molecule is CCCCCC(C)NC(=O)COc1ccc2ccccc2c1. The van der Waals surface area contributed by atoms with Crippen molar-refractivity contribution >= 4 is 16.7 Å². The Labute approximate surface area is 132 Å². The molecule has 0 aromatic heterocycles. The Kier molecular flexibility index (Phi) is 6.26. The highest BCUT2D eigenvalue weighted by Gasteiger charge is 2.08. The van der Waals surface area contributed by atoms with Gasteiger partial charge >= 0.3 is 0 Å². The van der Waals surface area contributed by atoms with Gasteiger partial charge in [0.15, 0.2) is 6.61 Å². The first-order valence-electron chi connectivity index (χ1n) is 8.10. The van der Waals surface area contributed by atoms with E-state index in [1.54, 1.807) is 0 Å². The zero-order valence-corrected chi connectivity index (χ0v) is 13.5. The fourth-order valence-corrected chi connectivity index (χ4v) is 2.50. The highest BCUT2D eigenvalue weighted by Crippen LogP contribution is 2.20. The number of amides is 1. The molecule has 0 saturated heterocycles. The van der Waals surface area contributed by atoms with Gasteiger partial charge in [0.1, 0.15) is 5.75 Å². The zero-order chi connectivity index (χ0) is 15.8. The predicted molar refractivity (Wildman–Crippen MR) is 91.2 cm³/mol. The summed E-state index contributed by atoms with van der Waals surface area (Å²) in [6, 6.07) is 14.2. The van der Waals surface area contributed by atoms with Crippen LogP contribution in [-0.2, 0) is 4.79 Å². The number of unbranched alkanes of at least 4 members (excludes halogenated alkanes) is 2. The van der Waals surface area contributed by atoms with Crippen LogP contribution in [0.25, 0.3) is 10.8 Å². The van der Waals surface area contributed by atoms with Gasteiger partial charge in [-0.15, -0.1) is 0 Å². The Balaban J connectivity index is 1.79. The minimum Gasteiger partial charge on any atom is -0.484 e. The monoisotopic (exact) mass is 299 g/mol. The first-order valence-corrected chi connectivity index (χ1v) is 8.10. The molecule has 0 fully saturated rings. The van der Waals surface area contributed by atoms with Gasteiger partial charge in [-0.2, -0.15) is 0 Å². The molecule has 0 aliphatic rings. The summed E-state index contributed by atoms with van der Waals surface area (Å²) < 4.78 is 5.59. The van der Waals surface area contributed by atoms with E-state index in [0.717, 1.165) is 24.0 Å². The summed E-state index contributed by atoms with van der Waals surface area (Å²) in [4.78, 5) is 11.9. The molecule has 2 aromatic rings.